The molecule has 0 unspecified atom stereocenters. The Labute approximate surface area is 103 Å². The van der Waals surface area contributed by atoms with Gasteiger partial charge in [0.05, 0.1) is 23.0 Å². The molecule has 0 amide bonds. The van der Waals surface area contributed by atoms with Crippen molar-refractivity contribution in [3.8, 4) is 0 Å². The Morgan fingerprint density at radius 2 is 1.94 bits per heavy atom. The molecule has 0 atom stereocenters. The number of aromatic nitrogens is 3. The molecule has 0 fully saturated rings. The number of hydrogen-bond acceptors (Lipinski definition) is 7. The van der Waals surface area contributed by atoms with Crippen LogP contribution < -0.4 is 16.0 Å². The van der Waals surface area contributed by atoms with Crippen LogP contribution in [-0.4, -0.2) is 23.4 Å². The van der Waals surface area contributed by atoms with E-state index in [-0.39, 0.29) is 16.4 Å². The Morgan fingerprint density at radius 1 is 1.22 bits per heavy atom. The minimum absolute atomic E-state index is 0.0364. The molecule has 8 nitrogen and oxygen atoms in total. The lowest BCUT2D eigenvalue weighted by Gasteiger charge is -2.07. The van der Waals surface area contributed by atoms with E-state index < -0.39 is 10.0 Å². The SMILES string of the molecule is NNc1cc(S(=O)(=O)Nc2cncnc2)ccn1. The van der Waals surface area contributed by atoms with Crippen LogP contribution in [0.2, 0.25) is 0 Å². The van der Waals surface area contributed by atoms with Gasteiger partial charge in [0.2, 0.25) is 0 Å². The van der Waals surface area contributed by atoms with Crippen molar-refractivity contribution in [1.29, 1.82) is 0 Å². The highest BCUT2D eigenvalue weighted by Gasteiger charge is 2.15. The van der Waals surface area contributed by atoms with Crippen molar-refractivity contribution in [3.63, 3.8) is 0 Å². The summed E-state index contributed by atoms with van der Waals surface area (Å²) in [4.78, 5) is 11.3. The minimum Gasteiger partial charge on any atom is -0.308 e. The lowest BCUT2D eigenvalue weighted by molar-refractivity contribution is 0.601. The third-order valence-corrected chi connectivity index (χ3v) is 3.38. The number of pyridine rings is 1. The van der Waals surface area contributed by atoms with Gasteiger partial charge in [-0.05, 0) is 6.07 Å². The number of nitrogens with zero attached hydrogens (tertiary/aromatic N) is 3. The Balaban J connectivity index is 2.31. The Morgan fingerprint density at radius 3 is 2.61 bits per heavy atom. The first-order chi connectivity index (χ1) is 8.62. The molecule has 2 rings (SSSR count). The van der Waals surface area contributed by atoms with E-state index in [0.717, 1.165) is 0 Å². The lowest BCUT2D eigenvalue weighted by Crippen LogP contribution is -2.15. The van der Waals surface area contributed by atoms with Gasteiger partial charge in [0.1, 0.15) is 12.1 Å². The van der Waals surface area contributed by atoms with E-state index in [4.69, 9.17) is 5.84 Å². The summed E-state index contributed by atoms with van der Waals surface area (Å²) in [6.07, 6.45) is 5.35. The number of nitrogen functional groups attached to an aromatic ring is 1. The summed E-state index contributed by atoms with van der Waals surface area (Å²) in [7, 11) is -3.71. The molecule has 0 aliphatic heterocycles. The smallest absolute Gasteiger partial charge is 0.262 e. The molecular formula is C9H10N6O2S. The number of hydrogen-bond donors (Lipinski definition) is 3. The standard InChI is InChI=1S/C9H10N6O2S/c10-14-9-3-8(1-2-13-9)18(16,17)15-7-4-11-6-12-5-7/h1-6,15H,10H2,(H,13,14). The van der Waals surface area contributed by atoms with E-state index in [9.17, 15) is 8.42 Å². The molecule has 0 aliphatic rings. The average molecular weight is 266 g/mol. The summed E-state index contributed by atoms with van der Waals surface area (Å²) < 4.78 is 26.4. The van der Waals surface area contributed by atoms with Crippen molar-refractivity contribution < 1.29 is 8.42 Å². The van der Waals surface area contributed by atoms with E-state index in [1.807, 2.05) is 0 Å². The van der Waals surface area contributed by atoms with E-state index in [1.54, 1.807) is 0 Å². The van der Waals surface area contributed by atoms with Crippen LogP contribution in [0, 0.1) is 0 Å². The molecule has 0 saturated heterocycles. The molecule has 18 heavy (non-hydrogen) atoms. The molecule has 4 N–H and O–H groups in total. The van der Waals surface area contributed by atoms with Crippen LogP contribution in [0.3, 0.4) is 0 Å². The monoisotopic (exact) mass is 266 g/mol. The third kappa shape index (κ3) is 2.70. The van der Waals surface area contributed by atoms with Gasteiger partial charge in [0.25, 0.3) is 10.0 Å². The molecule has 9 heteroatoms. The Kier molecular flexibility index (Phi) is 3.35. The quantitative estimate of drug-likeness (QED) is 0.524. The van der Waals surface area contributed by atoms with Crippen LogP contribution in [0.5, 0.6) is 0 Å². The molecular weight excluding hydrogens is 256 g/mol. The highest BCUT2D eigenvalue weighted by Crippen LogP contribution is 2.15. The topological polar surface area (TPSA) is 123 Å². The minimum atomic E-state index is -3.71. The highest BCUT2D eigenvalue weighted by molar-refractivity contribution is 7.92. The second-order valence-electron chi connectivity index (χ2n) is 3.25. The molecule has 94 valence electrons. The van der Waals surface area contributed by atoms with Crippen molar-refractivity contribution in [2.24, 2.45) is 5.84 Å². The largest absolute Gasteiger partial charge is 0.308 e. The average Bonchev–Trinajstić information content (AvgIpc) is 2.39. The number of nitrogens with two attached hydrogens (primary N) is 1. The Hall–Kier alpha value is -2.26. The van der Waals surface area contributed by atoms with Gasteiger partial charge in [-0.3, -0.25) is 4.72 Å². The molecule has 0 spiro atoms. The van der Waals surface area contributed by atoms with Crippen LogP contribution in [-0.2, 0) is 10.0 Å². The van der Waals surface area contributed by atoms with Gasteiger partial charge in [-0.25, -0.2) is 29.2 Å². The van der Waals surface area contributed by atoms with Crippen LogP contribution in [0.25, 0.3) is 0 Å². The second kappa shape index (κ2) is 4.94. The summed E-state index contributed by atoms with van der Waals surface area (Å²) in [5, 5.41) is 0. The zero-order valence-corrected chi connectivity index (χ0v) is 9.92. The molecule has 0 saturated carbocycles. The summed E-state index contributed by atoms with van der Waals surface area (Å²) in [6, 6.07) is 2.67. The van der Waals surface area contributed by atoms with Crippen LogP contribution in [0.1, 0.15) is 0 Å². The number of sulfonamides is 1. The molecule has 0 aromatic carbocycles. The van der Waals surface area contributed by atoms with Crippen LogP contribution in [0.15, 0.2) is 41.9 Å². The number of rotatable bonds is 4. The number of hydrazine groups is 1. The van der Waals surface area contributed by atoms with E-state index in [0.29, 0.717) is 0 Å². The van der Waals surface area contributed by atoms with Gasteiger partial charge in [0.15, 0.2) is 0 Å². The number of anilines is 2. The summed E-state index contributed by atoms with van der Waals surface area (Å²) in [5.74, 6) is 5.42. The normalized spacial score (nSPS) is 10.9. The van der Waals surface area contributed by atoms with Gasteiger partial charge in [0, 0.05) is 12.3 Å². The van der Waals surface area contributed by atoms with Crippen molar-refractivity contribution in [2.75, 3.05) is 10.1 Å². The van der Waals surface area contributed by atoms with Gasteiger partial charge in [-0.15, -0.1) is 0 Å². The summed E-state index contributed by atoms with van der Waals surface area (Å²) in [6.45, 7) is 0. The van der Waals surface area contributed by atoms with Crippen LogP contribution in [0.4, 0.5) is 11.5 Å². The molecule has 0 bridgehead atoms. The third-order valence-electron chi connectivity index (χ3n) is 2.00. The van der Waals surface area contributed by atoms with Gasteiger partial charge < -0.3 is 5.43 Å². The first kappa shape index (κ1) is 12.2. The molecule has 2 aromatic rings. The van der Waals surface area contributed by atoms with Crippen molar-refractivity contribution >= 4 is 21.5 Å². The summed E-state index contributed by atoms with van der Waals surface area (Å²) in [5.41, 5.74) is 2.55. The fourth-order valence-corrected chi connectivity index (χ4v) is 2.26. The maximum Gasteiger partial charge on any atom is 0.262 e. The van der Waals surface area contributed by atoms with Crippen molar-refractivity contribution in [3.05, 3.63) is 37.1 Å². The number of nitrogens with one attached hydrogen (secondary N) is 2. The Bertz CT molecular complexity index is 631. The second-order valence-corrected chi connectivity index (χ2v) is 4.94. The first-order valence-electron chi connectivity index (χ1n) is 4.82. The zero-order chi connectivity index (χ0) is 13.0. The maximum atomic E-state index is 12.0. The van der Waals surface area contributed by atoms with Gasteiger partial charge in [-0.1, -0.05) is 0 Å². The molecule has 0 aliphatic carbocycles. The fourth-order valence-electron chi connectivity index (χ4n) is 1.22. The molecule has 0 radical (unpaired) electrons. The summed E-state index contributed by atoms with van der Waals surface area (Å²) >= 11 is 0. The van der Waals surface area contributed by atoms with Gasteiger partial charge >= 0.3 is 0 Å². The predicted molar refractivity (Wildman–Crippen MR) is 64.9 cm³/mol. The zero-order valence-electron chi connectivity index (χ0n) is 9.11. The van der Waals surface area contributed by atoms with Gasteiger partial charge in [-0.2, -0.15) is 0 Å². The van der Waals surface area contributed by atoms with E-state index in [1.165, 1.54) is 37.1 Å². The first-order valence-corrected chi connectivity index (χ1v) is 6.30. The maximum absolute atomic E-state index is 12.0. The lowest BCUT2D eigenvalue weighted by atomic mass is 10.5. The van der Waals surface area contributed by atoms with E-state index in [2.05, 4.69) is 25.1 Å². The predicted octanol–water partition coefficient (Wildman–Crippen LogP) is -0.0420. The van der Waals surface area contributed by atoms with Crippen molar-refractivity contribution in [2.45, 2.75) is 4.90 Å². The fraction of sp³-hybridized carbons (Fsp3) is 0. The molecule has 2 heterocycles. The highest BCUT2D eigenvalue weighted by atomic mass is 32.2. The van der Waals surface area contributed by atoms with E-state index >= 15 is 0 Å². The van der Waals surface area contributed by atoms with Crippen LogP contribution >= 0.6 is 0 Å². The molecule has 2 aromatic heterocycles. The van der Waals surface area contributed by atoms with Crippen molar-refractivity contribution in [1.82, 2.24) is 15.0 Å².